The molecule has 2 aromatic carbocycles. The van der Waals surface area contributed by atoms with Crippen LogP contribution >= 0.6 is 11.6 Å². The predicted molar refractivity (Wildman–Crippen MR) is 103 cm³/mol. The molecule has 128 valence electrons. The van der Waals surface area contributed by atoms with Crippen molar-refractivity contribution in [1.29, 1.82) is 0 Å². The first-order valence-corrected chi connectivity index (χ1v) is 8.19. The Labute approximate surface area is 152 Å². The molecule has 3 aromatic rings. The van der Waals surface area contributed by atoms with E-state index in [2.05, 4.69) is 15.3 Å². The number of hydrogen-bond donors (Lipinski definition) is 1. The maximum Gasteiger partial charge on any atom is 0.229 e. The lowest BCUT2D eigenvalue weighted by Gasteiger charge is -2.19. The molecular weight excluding hydrogens is 336 g/mol. The largest absolute Gasteiger partial charge is 0.495 e. The summed E-state index contributed by atoms with van der Waals surface area (Å²) < 4.78 is 5.17. The van der Waals surface area contributed by atoms with Gasteiger partial charge in [0.15, 0.2) is 0 Å². The van der Waals surface area contributed by atoms with Crippen LogP contribution in [-0.4, -0.2) is 24.1 Å². The van der Waals surface area contributed by atoms with Gasteiger partial charge in [-0.15, -0.1) is 0 Å². The molecule has 0 atom stereocenters. The molecule has 0 aliphatic carbocycles. The molecule has 1 N–H and O–H groups in total. The molecule has 3 rings (SSSR count). The Balaban J connectivity index is 1.88. The highest BCUT2D eigenvalue weighted by atomic mass is 35.5. The Bertz CT molecular complexity index is 871. The number of ether oxygens (including phenoxy) is 1. The molecule has 6 heteroatoms. The van der Waals surface area contributed by atoms with Crippen LogP contribution in [0.5, 0.6) is 5.75 Å². The third-order valence-electron chi connectivity index (χ3n) is 3.74. The van der Waals surface area contributed by atoms with Gasteiger partial charge in [0.2, 0.25) is 5.95 Å². The van der Waals surface area contributed by atoms with E-state index < -0.39 is 0 Å². The van der Waals surface area contributed by atoms with E-state index in [-0.39, 0.29) is 0 Å². The van der Waals surface area contributed by atoms with Crippen LogP contribution in [-0.2, 0) is 0 Å². The number of benzene rings is 2. The maximum atomic E-state index is 6.17. The zero-order valence-corrected chi connectivity index (χ0v) is 15.1. The second kappa shape index (κ2) is 7.40. The molecule has 0 bridgehead atoms. The molecule has 5 nitrogen and oxygen atoms in total. The summed E-state index contributed by atoms with van der Waals surface area (Å²) in [5, 5.41) is 3.72. The van der Waals surface area contributed by atoms with Crippen molar-refractivity contribution in [3.05, 3.63) is 65.3 Å². The number of anilines is 4. The third-order valence-corrected chi connectivity index (χ3v) is 4.03. The summed E-state index contributed by atoms with van der Waals surface area (Å²) in [5.41, 5.74) is 2.72. The normalized spacial score (nSPS) is 10.4. The highest BCUT2D eigenvalue weighted by Gasteiger charge is 2.09. The molecule has 0 radical (unpaired) electrons. The predicted octanol–water partition coefficient (Wildman–Crippen LogP) is 4.96. The van der Waals surface area contributed by atoms with Crippen LogP contribution in [0.4, 0.5) is 23.1 Å². The SMILES string of the molecule is COc1ccc(Nc2nc(C)cc(N(C)c3ccccc3)n2)cc1Cl. The highest BCUT2D eigenvalue weighted by Crippen LogP contribution is 2.29. The molecule has 0 aliphatic heterocycles. The van der Waals surface area contributed by atoms with E-state index in [1.54, 1.807) is 19.2 Å². The lowest BCUT2D eigenvalue weighted by Crippen LogP contribution is -2.13. The molecule has 0 unspecified atom stereocenters. The van der Waals surface area contributed by atoms with Gasteiger partial charge in [-0.1, -0.05) is 29.8 Å². The van der Waals surface area contributed by atoms with Crippen LogP contribution in [0.3, 0.4) is 0 Å². The fraction of sp³-hybridized carbons (Fsp3) is 0.158. The van der Waals surface area contributed by atoms with Crippen molar-refractivity contribution in [3.63, 3.8) is 0 Å². The molecule has 1 aromatic heterocycles. The number of nitrogens with zero attached hydrogens (tertiary/aromatic N) is 3. The van der Waals surface area contributed by atoms with Crippen molar-refractivity contribution >= 4 is 34.7 Å². The fourth-order valence-electron chi connectivity index (χ4n) is 2.44. The Morgan fingerprint density at radius 1 is 1.04 bits per heavy atom. The Hall–Kier alpha value is -2.79. The minimum absolute atomic E-state index is 0.513. The first-order chi connectivity index (χ1) is 12.1. The minimum Gasteiger partial charge on any atom is -0.495 e. The quantitative estimate of drug-likeness (QED) is 0.701. The summed E-state index contributed by atoms with van der Waals surface area (Å²) in [5.74, 6) is 1.95. The lowest BCUT2D eigenvalue weighted by atomic mass is 10.3. The van der Waals surface area contributed by atoms with Crippen molar-refractivity contribution < 1.29 is 4.74 Å². The Kier molecular flexibility index (Phi) is 5.05. The first-order valence-electron chi connectivity index (χ1n) is 7.82. The van der Waals surface area contributed by atoms with E-state index in [0.29, 0.717) is 16.7 Å². The summed E-state index contributed by atoms with van der Waals surface area (Å²) in [6.07, 6.45) is 0. The standard InChI is InChI=1S/C19H19ClN4O/c1-13-11-18(24(2)15-7-5-4-6-8-15)23-19(21-13)22-14-9-10-17(25-3)16(20)12-14/h4-12H,1-3H3,(H,21,22,23). The number of hydrogen-bond acceptors (Lipinski definition) is 5. The molecule has 1 heterocycles. The van der Waals surface area contributed by atoms with Crippen LogP contribution < -0.4 is 15.0 Å². The van der Waals surface area contributed by atoms with Gasteiger partial charge in [0.05, 0.1) is 12.1 Å². The van der Waals surface area contributed by atoms with Gasteiger partial charge >= 0.3 is 0 Å². The highest BCUT2D eigenvalue weighted by molar-refractivity contribution is 6.32. The van der Waals surface area contributed by atoms with E-state index >= 15 is 0 Å². The number of methoxy groups -OCH3 is 1. The smallest absolute Gasteiger partial charge is 0.229 e. The Morgan fingerprint density at radius 3 is 2.48 bits per heavy atom. The van der Waals surface area contributed by atoms with Crippen molar-refractivity contribution in [2.45, 2.75) is 6.92 Å². The van der Waals surface area contributed by atoms with Gasteiger partial charge in [-0.3, -0.25) is 0 Å². The first kappa shape index (κ1) is 17.0. The van der Waals surface area contributed by atoms with Crippen molar-refractivity contribution in [2.75, 3.05) is 24.4 Å². The van der Waals surface area contributed by atoms with Gasteiger partial charge in [0.25, 0.3) is 0 Å². The van der Waals surface area contributed by atoms with Crippen LogP contribution in [0.25, 0.3) is 0 Å². The number of para-hydroxylation sites is 1. The van der Waals surface area contributed by atoms with E-state index in [9.17, 15) is 0 Å². The van der Waals surface area contributed by atoms with Crippen LogP contribution in [0.2, 0.25) is 5.02 Å². The fourth-order valence-corrected chi connectivity index (χ4v) is 2.69. The van der Waals surface area contributed by atoms with E-state index in [4.69, 9.17) is 16.3 Å². The molecule has 0 amide bonds. The van der Waals surface area contributed by atoms with Gasteiger partial charge in [-0.05, 0) is 37.3 Å². The zero-order valence-electron chi connectivity index (χ0n) is 14.3. The minimum atomic E-state index is 0.513. The van der Waals surface area contributed by atoms with Gasteiger partial charge in [-0.2, -0.15) is 4.98 Å². The molecule has 25 heavy (non-hydrogen) atoms. The van der Waals surface area contributed by atoms with Gasteiger partial charge in [-0.25, -0.2) is 4.98 Å². The maximum absolute atomic E-state index is 6.17. The molecule has 0 spiro atoms. The number of aryl methyl sites for hydroxylation is 1. The van der Waals surface area contributed by atoms with Gasteiger partial charge in [0.1, 0.15) is 11.6 Å². The second-order valence-electron chi connectivity index (χ2n) is 5.56. The number of nitrogens with one attached hydrogen (secondary N) is 1. The van der Waals surface area contributed by atoms with Crippen molar-refractivity contribution in [3.8, 4) is 5.75 Å². The third kappa shape index (κ3) is 4.00. The average Bonchev–Trinajstić information content (AvgIpc) is 2.61. The number of halogens is 1. The van der Waals surface area contributed by atoms with E-state index in [1.165, 1.54) is 0 Å². The molecular formula is C19H19ClN4O. The van der Waals surface area contributed by atoms with E-state index in [1.807, 2.05) is 61.3 Å². The van der Waals surface area contributed by atoms with E-state index in [0.717, 1.165) is 22.9 Å². The average molecular weight is 355 g/mol. The topological polar surface area (TPSA) is 50.3 Å². The molecule has 0 aliphatic rings. The lowest BCUT2D eigenvalue weighted by molar-refractivity contribution is 0.415. The summed E-state index contributed by atoms with van der Waals surface area (Å²) >= 11 is 6.17. The van der Waals surface area contributed by atoms with Crippen LogP contribution in [0, 0.1) is 6.92 Å². The molecule has 0 saturated heterocycles. The molecule has 0 fully saturated rings. The zero-order chi connectivity index (χ0) is 17.8. The van der Waals surface area contributed by atoms with Gasteiger partial charge < -0.3 is 15.0 Å². The molecule has 0 saturated carbocycles. The van der Waals surface area contributed by atoms with Crippen LogP contribution in [0.1, 0.15) is 5.69 Å². The van der Waals surface area contributed by atoms with Crippen molar-refractivity contribution in [2.24, 2.45) is 0 Å². The van der Waals surface area contributed by atoms with Gasteiger partial charge in [0, 0.05) is 30.2 Å². The summed E-state index contributed by atoms with van der Waals surface area (Å²) in [4.78, 5) is 11.1. The number of aromatic nitrogens is 2. The van der Waals surface area contributed by atoms with Crippen LogP contribution in [0.15, 0.2) is 54.6 Å². The van der Waals surface area contributed by atoms with Crippen molar-refractivity contribution in [1.82, 2.24) is 9.97 Å². The Morgan fingerprint density at radius 2 is 1.80 bits per heavy atom. The summed E-state index contributed by atoms with van der Waals surface area (Å²) in [6.45, 7) is 1.94. The summed E-state index contributed by atoms with van der Waals surface area (Å²) in [7, 11) is 3.56. The number of rotatable bonds is 5. The second-order valence-corrected chi connectivity index (χ2v) is 5.97. The summed E-state index contributed by atoms with van der Waals surface area (Å²) in [6, 6.07) is 17.5. The monoisotopic (exact) mass is 354 g/mol.